The van der Waals surface area contributed by atoms with Crippen molar-refractivity contribution in [2.45, 2.75) is 26.0 Å². The van der Waals surface area contributed by atoms with Gasteiger partial charge in [-0.3, -0.25) is 9.36 Å². The number of hydrogen-bond donors (Lipinski definition) is 0. The zero-order chi connectivity index (χ0) is 13.4. The van der Waals surface area contributed by atoms with Crippen molar-refractivity contribution in [2.24, 2.45) is 0 Å². The Kier molecular flexibility index (Phi) is 3.14. The van der Waals surface area contributed by atoms with Gasteiger partial charge in [0.1, 0.15) is 22.2 Å². The first-order chi connectivity index (χ1) is 9.15. The molecule has 1 atom stereocenters. The minimum absolute atomic E-state index is 0.00935. The van der Waals surface area contributed by atoms with Crippen LogP contribution in [0.15, 0.2) is 39.7 Å². The summed E-state index contributed by atoms with van der Waals surface area (Å²) < 4.78 is 7.99. The number of ether oxygens (including phenoxy) is 1. The molecule has 0 radical (unpaired) electrons. The Morgan fingerprint density at radius 2 is 2.26 bits per heavy atom. The number of hydrogen-bond acceptors (Lipinski definition) is 3. The molecule has 2 aromatic rings. The Morgan fingerprint density at radius 1 is 1.47 bits per heavy atom. The van der Waals surface area contributed by atoms with Gasteiger partial charge in [-0.05, 0) is 34.5 Å². The predicted molar refractivity (Wildman–Crippen MR) is 75.5 cm³/mol. The molecule has 0 aliphatic carbocycles. The van der Waals surface area contributed by atoms with E-state index in [9.17, 15) is 4.79 Å². The summed E-state index contributed by atoms with van der Waals surface area (Å²) >= 11 is 3.22. The van der Waals surface area contributed by atoms with Gasteiger partial charge in [0.2, 0.25) is 0 Å². The topological polar surface area (TPSA) is 44.1 Å². The second-order valence-electron chi connectivity index (χ2n) is 4.62. The van der Waals surface area contributed by atoms with Gasteiger partial charge in [0.05, 0.1) is 6.54 Å². The molecule has 3 rings (SSSR count). The van der Waals surface area contributed by atoms with Crippen LogP contribution in [-0.2, 0) is 13.0 Å². The number of aryl methyl sites for hydroxylation is 1. The molecule has 2 heterocycles. The van der Waals surface area contributed by atoms with Crippen LogP contribution in [0.1, 0.15) is 11.4 Å². The second kappa shape index (κ2) is 4.81. The quantitative estimate of drug-likeness (QED) is 0.853. The van der Waals surface area contributed by atoms with Crippen LogP contribution >= 0.6 is 15.9 Å². The molecule has 19 heavy (non-hydrogen) atoms. The molecule has 1 aromatic carbocycles. The Labute approximate surface area is 119 Å². The number of rotatable bonds is 2. The van der Waals surface area contributed by atoms with E-state index >= 15 is 0 Å². The van der Waals surface area contributed by atoms with E-state index in [1.807, 2.05) is 25.1 Å². The van der Waals surface area contributed by atoms with E-state index in [0.29, 0.717) is 16.8 Å². The van der Waals surface area contributed by atoms with Crippen LogP contribution in [0.2, 0.25) is 0 Å². The summed E-state index contributed by atoms with van der Waals surface area (Å²) in [5, 5.41) is 0. The van der Waals surface area contributed by atoms with Crippen molar-refractivity contribution >= 4 is 15.9 Å². The van der Waals surface area contributed by atoms with Crippen molar-refractivity contribution in [2.75, 3.05) is 0 Å². The summed E-state index contributed by atoms with van der Waals surface area (Å²) in [6.07, 6.45) is 2.36. The summed E-state index contributed by atoms with van der Waals surface area (Å²) in [6.45, 7) is 2.35. The number of para-hydroxylation sites is 1. The Balaban J connectivity index is 1.86. The van der Waals surface area contributed by atoms with Gasteiger partial charge >= 0.3 is 0 Å². The third-order valence-electron chi connectivity index (χ3n) is 3.30. The van der Waals surface area contributed by atoms with Gasteiger partial charge in [-0.1, -0.05) is 18.2 Å². The number of benzene rings is 1. The molecule has 1 unspecified atom stereocenters. The average molecular weight is 321 g/mol. The Bertz CT molecular complexity index is 656. The fourth-order valence-electron chi connectivity index (χ4n) is 2.33. The first kappa shape index (κ1) is 12.4. The number of aromatic nitrogens is 2. The van der Waals surface area contributed by atoms with Crippen LogP contribution in [0.25, 0.3) is 0 Å². The highest BCUT2D eigenvalue weighted by atomic mass is 79.9. The predicted octanol–water partition coefficient (Wildman–Crippen LogP) is 2.32. The van der Waals surface area contributed by atoms with Crippen molar-refractivity contribution in [3.63, 3.8) is 0 Å². The summed E-state index contributed by atoms with van der Waals surface area (Å²) in [4.78, 5) is 16.3. The van der Waals surface area contributed by atoms with Crippen LogP contribution < -0.4 is 10.3 Å². The molecule has 1 aromatic heterocycles. The minimum Gasteiger partial charge on any atom is -0.488 e. The van der Waals surface area contributed by atoms with E-state index in [-0.39, 0.29) is 11.7 Å². The Hall–Kier alpha value is -1.62. The molecule has 98 valence electrons. The highest BCUT2D eigenvalue weighted by Gasteiger charge is 2.23. The van der Waals surface area contributed by atoms with E-state index in [4.69, 9.17) is 4.74 Å². The lowest BCUT2D eigenvalue weighted by molar-refractivity contribution is 0.205. The molecule has 0 saturated carbocycles. The number of halogens is 1. The maximum absolute atomic E-state index is 12.1. The van der Waals surface area contributed by atoms with Gasteiger partial charge in [0.25, 0.3) is 5.56 Å². The molecular weight excluding hydrogens is 308 g/mol. The maximum Gasteiger partial charge on any atom is 0.267 e. The fraction of sp³-hybridized carbons (Fsp3) is 0.286. The van der Waals surface area contributed by atoms with Crippen molar-refractivity contribution < 1.29 is 4.74 Å². The number of nitrogens with zero attached hydrogens (tertiary/aromatic N) is 2. The van der Waals surface area contributed by atoms with E-state index in [2.05, 4.69) is 27.0 Å². The molecule has 4 nitrogen and oxygen atoms in total. The minimum atomic E-state index is -0.0629. The maximum atomic E-state index is 12.1. The lowest BCUT2D eigenvalue weighted by Crippen LogP contribution is -2.31. The van der Waals surface area contributed by atoms with Gasteiger partial charge in [0.15, 0.2) is 0 Å². The van der Waals surface area contributed by atoms with E-state index in [1.165, 1.54) is 5.56 Å². The van der Waals surface area contributed by atoms with Crippen LogP contribution in [0.4, 0.5) is 0 Å². The average Bonchev–Trinajstić information content (AvgIpc) is 2.81. The van der Waals surface area contributed by atoms with Crippen molar-refractivity contribution in [1.29, 1.82) is 0 Å². The van der Waals surface area contributed by atoms with Gasteiger partial charge in [0, 0.05) is 12.6 Å². The molecule has 0 spiro atoms. The van der Waals surface area contributed by atoms with Crippen LogP contribution in [0.3, 0.4) is 0 Å². The third-order valence-corrected chi connectivity index (χ3v) is 3.85. The normalized spacial score (nSPS) is 17.1. The fourth-order valence-corrected chi connectivity index (χ4v) is 2.64. The monoisotopic (exact) mass is 320 g/mol. The smallest absolute Gasteiger partial charge is 0.267 e. The third kappa shape index (κ3) is 2.30. The van der Waals surface area contributed by atoms with Gasteiger partial charge in [-0.2, -0.15) is 0 Å². The first-order valence-electron chi connectivity index (χ1n) is 6.11. The zero-order valence-corrected chi connectivity index (χ0v) is 12.1. The summed E-state index contributed by atoms with van der Waals surface area (Å²) in [5.41, 5.74) is 1.13. The molecule has 5 heteroatoms. The van der Waals surface area contributed by atoms with Gasteiger partial charge < -0.3 is 4.74 Å². The second-order valence-corrected chi connectivity index (χ2v) is 5.48. The largest absolute Gasteiger partial charge is 0.488 e. The lowest BCUT2D eigenvalue weighted by atomic mass is 10.1. The number of fused-ring (bicyclic) bond motifs is 1. The van der Waals surface area contributed by atoms with Crippen molar-refractivity contribution in [3.8, 4) is 5.75 Å². The molecule has 0 amide bonds. The SMILES string of the molecule is Cc1ncc(Br)c(=O)n1CC1Cc2ccccc2O1. The van der Waals surface area contributed by atoms with Crippen LogP contribution in [-0.4, -0.2) is 15.7 Å². The van der Waals surface area contributed by atoms with Crippen LogP contribution in [0, 0.1) is 6.92 Å². The van der Waals surface area contributed by atoms with Gasteiger partial charge in [-0.15, -0.1) is 0 Å². The summed E-state index contributed by atoms with van der Waals surface area (Å²) in [6, 6.07) is 7.98. The van der Waals surface area contributed by atoms with Crippen molar-refractivity contribution in [1.82, 2.24) is 9.55 Å². The molecule has 1 aliphatic rings. The summed E-state index contributed by atoms with van der Waals surface area (Å²) in [5.74, 6) is 1.62. The molecule has 0 N–H and O–H groups in total. The highest BCUT2D eigenvalue weighted by molar-refractivity contribution is 9.10. The van der Waals surface area contributed by atoms with Gasteiger partial charge in [-0.25, -0.2) is 4.98 Å². The highest BCUT2D eigenvalue weighted by Crippen LogP contribution is 2.28. The van der Waals surface area contributed by atoms with Crippen LogP contribution in [0.5, 0.6) is 5.75 Å². The van der Waals surface area contributed by atoms with E-state index < -0.39 is 0 Å². The lowest BCUT2D eigenvalue weighted by Gasteiger charge is -2.14. The van der Waals surface area contributed by atoms with Crippen molar-refractivity contribution in [3.05, 3.63) is 56.7 Å². The molecule has 0 saturated heterocycles. The summed E-state index contributed by atoms with van der Waals surface area (Å²) in [7, 11) is 0. The standard InChI is InChI=1S/C14H13BrN2O2/c1-9-16-7-12(15)14(18)17(9)8-11-6-10-4-2-3-5-13(10)19-11/h2-5,7,11H,6,8H2,1H3. The Morgan fingerprint density at radius 3 is 3.05 bits per heavy atom. The van der Waals surface area contributed by atoms with E-state index in [0.717, 1.165) is 12.2 Å². The van der Waals surface area contributed by atoms with E-state index in [1.54, 1.807) is 10.8 Å². The molecule has 0 bridgehead atoms. The zero-order valence-electron chi connectivity index (χ0n) is 10.5. The molecule has 0 fully saturated rings. The first-order valence-corrected chi connectivity index (χ1v) is 6.91. The molecule has 1 aliphatic heterocycles. The molecular formula is C14H13BrN2O2.